The van der Waals surface area contributed by atoms with Gasteiger partial charge in [0, 0.05) is 17.7 Å². The number of aryl methyl sites for hydroxylation is 1. The van der Waals surface area contributed by atoms with Crippen LogP contribution in [0.2, 0.25) is 0 Å². The molecule has 0 aliphatic carbocycles. The van der Waals surface area contributed by atoms with Crippen LogP contribution in [-0.4, -0.2) is 9.97 Å². The Hall–Kier alpha value is -1.12. The highest BCUT2D eigenvalue weighted by Gasteiger charge is 2.06. The highest BCUT2D eigenvalue weighted by atomic mass is 16.1. The lowest BCUT2D eigenvalue weighted by Gasteiger charge is -2.07. The van der Waals surface area contributed by atoms with E-state index in [4.69, 9.17) is 0 Å². The molecule has 1 rings (SSSR count). The van der Waals surface area contributed by atoms with E-state index in [1.54, 1.807) is 6.07 Å². The fraction of sp³-hybridized carbons (Fsp3) is 0.600. The lowest BCUT2D eigenvalue weighted by molar-refractivity contribution is 0.667. The molecule has 0 aliphatic rings. The van der Waals surface area contributed by atoms with Crippen molar-refractivity contribution in [3.8, 4) is 0 Å². The maximum absolute atomic E-state index is 11.2. The van der Waals surface area contributed by atoms with Crippen LogP contribution in [0.3, 0.4) is 0 Å². The summed E-state index contributed by atoms with van der Waals surface area (Å²) in [7, 11) is 0. The van der Waals surface area contributed by atoms with Gasteiger partial charge in [0.2, 0.25) is 0 Å². The van der Waals surface area contributed by atoms with Crippen LogP contribution in [0.25, 0.3) is 0 Å². The molecule has 1 N–H and O–H groups in total. The lowest BCUT2D eigenvalue weighted by atomic mass is 10.1. The third-order valence-electron chi connectivity index (χ3n) is 2.25. The molecule has 1 aromatic heterocycles. The number of rotatable bonds is 3. The Labute approximate surface area is 78.2 Å². The smallest absolute Gasteiger partial charge is 0.251 e. The Morgan fingerprint density at radius 1 is 1.54 bits per heavy atom. The van der Waals surface area contributed by atoms with Gasteiger partial charge in [-0.15, -0.1) is 0 Å². The average molecular weight is 180 g/mol. The van der Waals surface area contributed by atoms with Crippen molar-refractivity contribution in [3.63, 3.8) is 0 Å². The molecular weight excluding hydrogens is 164 g/mol. The number of H-pyrrole nitrogens is 1. The summed E-state index contributed by atoms with van der Waals surface area (Å²) in [5.74, 6) is 1.14. The molecule has 0 saturated carbocycles. The van der Waals surface area contributed by atoms with Gasteiger partial charge in [0.25, 0.3) is 5.56 Å². The zero-order valence-corrected chi connectivity index (χ0v) is 8.42. The molecule has 0 aliphatic heterocycles. The molecule has 1 heterocycles. The van der Waals surface area contributed by atoms with Crippen LogP contribution in [0.4, 0.5) is 0 Å². The van der Waals surface area contributed by atoms with E-state index in [9.17, 15) is 4.79 Å². The fourth-order valence-corrected chi connectivity index (χ4v) is 1.14. The molecule has 3 heteroatoms. The summed E-state index contributed by atoms with van der Waals surface area (Å²) >= 11 is 0. The summed E-state index contributed by atoms with van der Waals surface area (Å²) in [6.45, 7) is 6.16. The topological polar surface area (TPSA) is 45.8 Å². The van der Waals surface area contributed by atoms with E-state index >= 15 is 0 Å². The van der Waals surface area contributed by atoms with Crippen molar-refractivity contribution >= 4 is 0 Å². The van der Waals surface area contributed by atoms with E-state index in [-0.39, 0.29) is 5.56 Å². The van der Waals surface area contributed by atoms with Crippen molar-refractivity contribution in [1.82, 2.24) is 9.97 Å². The van der Waals surface area contributed by atoms with Crippen LogP contribution in [0.15, 0.2) is 10.9 Å². The number of hydrogen-bond donors (Lipinski definition) is 1. The maximum Gasteiger partial charge on any atom is 0.251 e. The molecule has 0 aromatic carbocycles. The molecule has 0 fully saturated rings. The number of nitrogens with one attached hydrogen (secondary N) is 1. The molecule has 0 spiro atoms. The van der Waals surface area contributed by atoms with Gasteiger partial charge in [-0.25, -0.2) is 4.98 Å². The number of hydrogen-bond acceptors (Lipinski definition) is 2. The Bertz CT molecular complexity index is 330. The minimum atomic E-state index is -0.0397. The first kappa shape index (κ1) is 9.96. The van der Waals surface area contributed by atoms with E-state index in [0.29, 0.717) is 5.92 Å². The molecule has 3 nitrogen and oxygen atoms in total. The first-order chi connectivity index (χ1) is 6.17. The minimum Gasteiger partial charge on any atom is -0.310 e. The largest absolute Gasteiger partial charge is 0.310 e. The Kier molecular flexibility index (Phi) is 3.23. The second kappa shape index (κ2) is 4.21. The van der Waals surface area contributed by atoms with Crippen molar-refractivity contribution < 1.29 is 0 Å². The fourth-order valence-electron chi connectivity index (χ4n) is 1.14. The van der Waals surface area contributed by atoms with Crippen molar-refractivity contribution in [2.45, 2.75) is 39.5 Å². The van der Waals surface area contributed by atoms with Gasteiger partial charge in [0.1, 0.15) is 5.82 Å². The van der Waals surface area contributed by atoms with Gasteiger partial charge in [-0.05, 0) is 12.8 Å². The third kappa shape index (κ3) is 2.41. The maximum atomic E-state index is 11.2. The third-order valence-corrected chi connectivity index (χ3v) is 2.25. The second-order valence-corrected chi connectivity index (χ2v) is 3.28. The first-order valence-corrected chi connectivity index (χ1v) is 4.77. The van der Waals surface area contributed by atoms with Crippen LogP contribution >= 0.6 is 0 Å². The first-order valence-electron chi connectivity index (χ1n) is 4.77. The summed E-state index contributed by atoms with van der Waals surface area (Å²) in [6, 6.07) is 1.56. The van der Waals surface area contributed by atoms with Gasteiger partial charge in [0.15, 0.2) is 0 Å². The van der Waals surface area contributed by atoms with Crippen LogP contribution in [0, 0.1) is 0 Å². The van der Waals surface area contributed by atoms with Crippen LogP contribution in [0.1, 0.15) is 44.6 Å². The molecule has 0 saturated heterocycles. The Morgan fingerprint density at radius 3 is 2.77 bits per heavy atom. The van der Waals surface area contributed by atoms with Gasteiger partial charge in [-0.2, -0.15) is 0 Å². The van der Waals surface area contributed by atoms with Crippen LogP contribution in [-0.2, 0) is 6.42 Å². The van der Waals surface area contributed by atoms with E-state index in [2.05, 4.69) is 23.8 Å². The van der Waals surface area contributed by atoms with Gasteiger partial charge < -0.3 is 4.98 Å². The molecular formula is C10H16N2O. The predicted molar refractivity (Wildman–Crippen MR) is 52.9 cm³/mol. The van der Waals surface area contributed by atoms with Crippen molar-refractivity contribution in [3.05, 3.63) is 27.9 Å². The molecule has 1 aromatic rings. The quantitative estimate of drug-likeness (QED) is 0.771. The number of aromatic amines is 1. The van der Waals surface area contributed by atoms with Gasteiger partial charge in [-0.1, -0.05) is 20.8 Å². The van der Waals surface area contributed by atoms with Crippen molar-refractivity contribution in [2.75, 3.05) is 0 Å². The van der Waals surface area contributed by atoms with Crippen LogP contribution < -0.4 is 5.56 Å². The normalized spacial score (nSPS) is 12.8. The molecule has 1 unspecified atom stereocenters. The number of nitrogens with zero attached hydrogens (tertiary/aromatic N) is 1. The zero-order valence-electron chi connectivity index (χ0n) is 8.42. The summed E-state index contributed by atoms with van der Waals surface area (Å²) < 4.78 is 0. The summed E-state index contributed by atoms with van der Waals surface area (Å²) in [4.78, 5) is 18.3. The SMILES string of the molecule is CCc1cc(=O)[nH]c(C(C)CC)n1. The van der Waals surface area contributed by atoms with Gasteiger partial charge in [-0.3, -0.25) is 4.79 Å². The molecule has 0 amide bonds. The van der Waals surface area contributed by atoms with E-state index < -0.39 is 0 Å². The summed E-state index contributed by atoms with van der Waals surface area (Å²) in [5.41, 5.74) is 0.834. The monoisotopic (exact) mass is 180 g/mol. The van der Waals surface area contributed by atoms with E-state index in [1.165, 1.54) is 0 Å². The molecule has 13 heavy (non-hydrogen) atoms. The van der Waals surface area contributed by atoms with E-state index in [0.717, 1.165) is 24.4 Å². The Balaban J connectivity index is 3.08. The molecule has 0 radical (unpaired) electrons. The average Bonchev–Trinajstić information content (AvgIpc) is 2.15. The standard InChI is InChI=1S/C10H16N2O/c1-4-7(3)10-11-8(5-2)6-9(13)12-10/h6-7H,4-5H2,1-3H3,(H,11,12,13). The van der Waals surface area contributed by atoms with E-state index in [1.807, 2.05) is 6.92 Å². The predicted octanol–water partition coefficient (Wildman–Crippen LogP) is 1.85. The summed E-state index contributed by atoms with van der Waals surface area (Å²) in [5, 5.41) is 0. The highest BCUT2D eigenvalue weighted by molar-refractivity contribution is 5.05. The van der Waals surface area contributed by atoms with Gasteiger partial charge in [0.05, 0.1) is 0 Å². The lowest BCUT2D eigenvalue weighted by Crippen LogP contribution is -2.14. The van der Waals surface area contributed by atoms with Crippen LogP contribution in [0.5, 0.6) is 0 Å². The Morgan fingerprint density at radius 2 is 2.23 bits per heavy atom. The van der Waals surface area contributed by atoms with Crippen molar-refractivity contribution in [2.24, 2.45) is 0 Å². The van der Waals surface area contributed by atoms with Crippen molar-refractivity contribution in [1.29, 1.82) is 0 Å². The van der Waals surface area contributed by atoms with Gasteiger partial charge >= 0.3 is 0 Å². The molecule has 72 valence electrons. The number of aromatic nitrogens is 2. The second-order valence-electron chi connectivity index (χ2n) is 3.28. The minimum absolute atomic E-state index is 0.0397. The summed E-state index contributed by atoms with van der Waals surface area (Å²) in [6.07, 6.45) is 1.81. The zero-order chi connectivity index (χ0) is 9.84. The molecule has 1 atom stereocenters. The molecule has 0 bridgehead atoms. The highest BCUT2D eigenvalue weighted by Crippen LogP contribution is 2.12.